The van der Waals surface area contributed by atoms with E-state index in [1.165, 1.54) is 12.1 Å². The molecule has 3 aromatic rings. The molecule has 7 heteroatoms. The quantitative estimate of drug-likeness (QED) is 0.700. The number of hydrogen-bond acceptors (Lipinski definition) is 3. The number of anilines is 2. The number of nitrogens with zero attached hydrogens (tertiary/aromatic N) is 2. The maximum Gasteiger partial charge on any atom is 0.291 e. The normalized spacial score (nSPS) is 12.9. The van der Waals surface area contributed by atoms with Crippen molar-refractivity contribution < 1.29 is 14.0 Å². The highest BCUT2D eigenvalue weighted by Gasteiger charge is 2.28. The second-order valence-electron chi connectivity index (χ2n) is 7.10. The van der Waals surface area contributed by atoms with Crippen molar-refractivity contribution in [1.82, 2.24) is 9.55 Å². The number of carbonyl (C=O) groups excluding carboxylic acids is 2. The number of aromatic nitrogens is 2. The standard InChI is InChI=1S/C22H21FN4O2/c1-14-7-6-8-15(13-14)24-22(29)20-26-19(18-11-4-5-12-27(18)20)21(28)25-17-10-3-2-9-16(17)23/h2-3,6-10,13H,4-5,11-12H2,1H3,(H,24,29)(H,25,28). The predicted molar refractivity (Wildman–Crippen MR) is 109 cm³/mol. The zero-order chi connectivity index (χ0) is 20.4. The van der Waals surface area contributed by atoms with E-state index in [4.69, 9.17) is 0 Å². The van der Waals surface area contributed by atoms with Gasteiger partial charge in [-0.2, -0.15) is 0 Å². The van der Waals surface area contributed by atoms with Crippen LogP contribution in [0.1, 0.15) is 45.2 Å². The maximum absolute atomic E-state index is 13.9. The minimum Gasteiger partial charge on any atom is -0.323 e. The summed E-state index contributed by atoms with van der Waals surface area (Å²) in [5, 5.41) is 5.41. The van der Waals surface area contributed by atoms with Crippen molar-refractivity contribution in [3.05, 3.63) is 77.1 Å². The number of rotatable bonds is 4. The molecule has 0 saturated carbocycles. The molecule has 2 N–H and O–H groups in total. The van der Waals surface area contributed by atoms with Gasteiger partial charge in [0.2, 0.25) is 0 Å². The zero-order valence-electron chi connectivity index (χ0n) is 16.0. The highest BCUT2D eigenvalue weighted by molar-refractivity contribution is 6.07. The van der Waals surface area contributed by atoms with Gasteiger partial charge in [0.25, 0.3) is 11.8 Å². The molecule has 2 amide bonds. The van der Waals surface area contributed by atoms with Crippen molar-refractivity contribution in [3.8, 4) is 0 Å². The molecule has 1 aliphatic rings. The Labute approximate surface area is 167 Å². The molecule has 0 radical (unpaired) electrons. The second kappa shape index (κ2) is 7.87. The molecule has 1 aliphatic heterocycles. The summed E-state index contributed by atoms with van der Waals surface area (Å²) in [4.78, 5) is 30.0. The van der Waals surface area contributed by atoms with Gasteiger partial charge in [0.1, 0.15) is 5.82 Å². The number of fused-ring (bicyclic) bond motifs is 1. The third kappa shape index (κ3) is 3.89. The van der Waals surface area contributed by atoms with Gasteiger partial charge in [0, 0.05) is 12.2 Å². The number of para-hydroxylation sites is 1. The Kier molecular flexibility index (Phi) is 5.12. The van der Waals surface area contributed by atoms with Crippen LogP contribution < -0.4 is 10.6 Å². The van der Waals surface area contributed by atoms with Gasteiger partial charge in [-0.1, -0.05) is 24.3 Å². The highest BCUT2D eigenvalue weighted by atomic mass is 19.1. The Hall–Kier alpha value is -3.48. The van der Waals surface area contributed by atoms with Crippen molar-refractivity contribution in [1.29, 1.82) is 0 Å². The fraction of sp³-hybridized carbons (Fsp3) is 0.227. The Morgan fingerprint density at radius 2 is 1.86 bits per heavy atom. The second-order valence-corrected chi connectivity index (χ2v) is 7.10. The lowest BCUT2D eigenvalue weighted by atomic mass is 10.1. The molecule has 2 aromatic carbocycles. The van der Waals surface area contributed by atoms with Crippen LogP contribution in [0.2, 0.25) is 0 Å². The van der Waals surface area contributed by atoms with Gasteiger partial charge in [-0.15, -0.1) is 0 Å². The molecule has 0 fully saturated rings. The van der Waals surface area contributed by atoms with Crippen LogP contribution in [0.4, 0.5) is 15.8 Å². The first-order valence-electron chi connectivity index (χ1n) is 9.56. The summed E-state index contributed by atoms with van der Waals surface area (Å²) in [6, 6.07) is 13.4. The summed E-state index contributed by atoms with van der Waals surface area (Å²) in [6.07, 6.45) is 2.46. The maximum atomic E-state index is 13.9. The van der Waals surface area contributed by atoms with E-state index in [0.29, 0.717) is 24.3 Å². The topological polar surface area (TPSA) is 76.0 Å². The van der Waals surface area contributed by atoms with Crippen LogP contribution in [-0.4, -0.2) is 21.4 Å². The molecule has 0 atom stereocenters. The number of amides is 2. The van der Waals surface area contributed by atoms with Gasteiger partial charge in [-0.3, -0.25) is 9.59 Å². The molecule has 0 spiro atoms. The van der Waals surface area contributed by atoms with Crippen LogP contribution >= 0.6 is 0 Å². The number of benzene rings is 2. The Morgan fingerprint density at radius 3 is 2.66 bits per heavy atom. The van der Waals surface area contributed by atoms with Crippen molar-refractivity contribution in [2.45, 2.75) is 32.7 Å². The number of carbonyl (C=O) groups is 2. The number of aryl methyl sites for hydroxylation is 1. The van der Waals surface area contributed by atoms with Crippen LogP contribution in [0.15, 0.2) is 48.5 Å². The van der Waals surface area contributed by atoms with Gasteiger partial charge >= 0.3 is 0 Å². The minimum atomic E-state index is -0.522. The molecule has 6 nitrogen and oxygen atoms in total. The number of imidazole rings is 1. The summed E-state index contributed by atoms with van der Waals surface area (Å²) in [5.74, 6) is -1.22. The van der Waals surface area contributed by atoms with E-state index in [1.54, 1.807) is 22.8 Å². The molecule has 29 heavy (non-hydrogen) atoms. The van der Waals surface area contributed by atoms with Crippen LogP contribution in [0, 0.1) is 12.7 Å². The summed E-state index contributed by atoms with van der Waals surface area (Å²) in [7, 11) is 0. The molecule has 148 valence electrons. The number of hydrogen-bond donors (Lipinski definition) is 2. The van der Waals surface area contributed by atoms with Crippen LogP contribution in [0.3, 0.4) is 0 Å². The van der Waals surface area contributed by atoms with E-state index in [9.17, 15) is 14.0 Å². The molecule has 2 heterocycles. The van der Waals surface area contributed by atoms with E-state index in [0.717, 1.165) is 18.4 Å². The van der Waals surface area contributed by atoms with E-state index < -0.39 is 11.7 Å². The summed E-state index contributed by atoms with van der Waals surface area (Å²) in [5.41, 5.74) is 2.65. The molecular formula is C22H21FN4O2. The minimum absolute atomic E-state index is 0.0841. The zero-order valence-corrected chi connectivity index (χ0v) is 16.0. The van der Waals surface area contributed by atoms with Gasteiger partial charge in [0.05, 0.1) is 11.4 Å². The lowest BCUT2D eigenvalue weighted by molar-refractivity contribution is 0.101. The van der Waals surface area contributed by atoms with Gasteiger partial charge < -0.3 is 15.2 Å². The first kappa shape index (κ1) is 18.9. The fourth-order valence-corrected chi connectivity index (χ4v) is 3.55. The Morgan fingerprint density at radius 1 is 1.03 bits per heavy atom. The monoisotopic (exact) mass is 392 g/mol. The Balaban J connectivity index is 1.64. The van der Waals surface area contributed by atoms with Crippen molar-refractivity contribution >= 4 is 23.2 Å². The van der Waals surface area contributed by atoms with E-state index in [1.807, 2.05) is 25.1 Å². The molecule has 0 unspecified atom stereocenters. The smallest absolute Gasteiger partial charge is 0.291 e. The molecular weight excluding hydrogens is 371 g/mol. The number of halogens is 1. The lowest BCUT2D eigenvalue weighted by Crippen LogP contribution is -2.21. The van der Waals surface area contributed by atoms with Crippen LogP contribution in [0.5, 0.6) is 0 Å². The molecule has 0 bridgehead atoms. The average molecular weight is 392 g/mol. The highest BCUT2D eigenvalue weighted by Crippen LogP contribution is 2.23. The predicted octanol–water partition coefficient (Wildman–Crippen LogP) is 4.17. The summed E-state index contributed by atoms with van der Waals surface area (Å²) >= 11 is 0. The molecule has 0 aliphatic carbocycles. The van der Waals surface area contributed by atoms with Crippen molar-refractivity contribution in [2.24, 2.45) is 0 Å². The van der Waals surface area contributed by atoms with Crippen LogP contribution in [0.25, 0.3) is 0 Å². The molecule has 4 rings (SSSR count). The lowest BCUT2D eigenvalue weighted by Gasteiger charge is -2.17. The third-order valence-electron chi connectivity index (χ3n) is 4.93. The van der Waals surface area contributed by atoms with Crippen LogP contribution in [-0.2, 0) is 13.0 Å². The third-order valence-corrected chi connectivity index (χ3v) is 4.93. The average Bonchev–Trinajstić information content (AvgIpc) is 3.10. The molecule has 0 saturated heterocycles. The van der Waals surface area contributed by atoms with Gasteiger partial charge in [0.15, 0.2) is 11.5 Å². The first-order valence-corrected chi connectivity index (χ1v) is 9.56. The molecule has 1 aromatic heterocycles. The van der Waals surface area contributed by atoms with Crippen molar-refractivity contribution in [3.63, 3.8) is 0 Å². The van der Waals surface area contributed by atoms with Gasteiger partial charge in [-0.25, -0.2) is 9.37 Å². The largest absolute Gasteiger partial charge is 0.323 e. The Bertz CT molecular complexity index is 1090. The SMILES string of the molecule is Cc1cccc(NC(=O)c2nc(C(=O)Nc3ccccc3F)c3n2CCCC3)c1. The number of nitrogens with one attached hydrogen (secondary N) is 2. The summed E-state index contributed by atoms with van der Waals surface area (Å²) < 4.78 is 15.7. The summed E-state index contributed by atoms with van der Waals surface area (Å²) in [6.45, 7) is 2.56. The first-order chi connectivity index (χ1) is 14.0. The van der Waals surface area contributed by atoms with E-state index in [-0.39, 0.29) is 23.1 Å². The van der Waals surface area contributed by atoms with E-state index in [2.05, 4.69) is 15.6 Å². The fourth-order valence-electron chi connectivity index (χ4n) is 3.55. The van der Waals surface area contributed by atoms with E-state index >= 15 is 0 Å². The van der Waals surface area contributed by atoms with Gasteiger partial charge in [-0.05, 0) is 56.0 Å². The van der Waals surface area contributed by atoms with Crippen molar-refractivity contribution in [2.75, 3.05) is 10.6 Å².